The normalized spacial score (nSPS) is 16.1. The Balaban J connectivity index is 0.839. The molecule has 4 N–H and O–H groups in total. The summed E-state index contributed by atoms with van der Waals surface area (Å²) in [5.74, 6) is 2.49. The van der Waals surface area contributed by atoms with Crippen LogP contribution in [0.3, 0.4) is 0 Å². The van der Waals surface area contributed by atoms with E-state index in [-0.39, 0.29) is 5.92 Å². The van der Waals surface area contributed by atoms with Crippen molar-refractivity contribution >= 4 is 29.1 Å². The molecule has 1 saturated heterocycles. The first-order valence-electron chi connectivity index (χ1n) is 19.3. The Kier molecular flexibility index (Phi) is 9.51. The van der Waals surface area contributed by atoms with Gasteiger partial charge in [0.15, 0.2) is 0 Å². The molecule has 6 heterocycles. The number of H-pyrrole nitrogens is 1. The highest BCUT2D eigenvalue weighted by atomic mass is 16.5. The zero-order valence-electron chi connectivity index (χ0n) is 31.9. The van der Waals surface area contributed by atoms with Crippen molar-refractivity contribution in [3.8, 4) is 11.4 Å². The van der Waals surface area contributed by atoms with Crippen molar-refractivity contribution in [3.05, 3.63) is 119 Å². The van der Waals surface area contributed by atoms with Gasteiger partial charge in [-0.05, 0) is 82.0 Å². The van der Waals surface area contributed by atoms with Crippen LogP contribution in [-0.2, 0) is 24.2 Å². The fraction of sp³-hybridized carbons (Fsp3) is 0.341. The van der Waals surface area contributed by atoms with Gasteiger partial charge < -0.3 is 20.8 Å². The molecule has 15 heteroatoms. The summed E-state index contributed by atoms with van der Waals surface area (Å²) in [7, 11) is 0. The molecule has 2 aliphatic rings. The third-order valence-corrected chi connectivity index (χ3v) is 10.8. The van der Waals surface area contributed by atoms with Gasteiger partial charge in [0.2, 0.25) is 11.9 Å². The summed E-state index contributed by atoms with van der Waals surface area (Å²) in [5, 5.41) is 38.1. The molecule has 286 valence electrons. The molecule has 1 aliphatic carbocycles. The van der Waals surface area contributed by atoms with Gasteiger partial charge in [-0.1, -0.05) is 36.8 Å². The summed E-state index contributed by atoms with van der Waals surface area (Å²) in [6.07, 6.45) is 10.9. The highest BCUT2D eigenvalue weighted by molar-refractivity contribution is 5.98. The van der Waals surface area contributed by atoms with E-state index < -0.39 is 0 Å². The first kappa shape index (κ1) is 35.4. The fourth-order valence-corrected chi connectivity index (χ4v) is 7.40. The number of aromatic amines is 1. The molecule has 0 radical (unpaired) electrons. The number of fused-ring (bicyclic) bond motifs is 1. The Morgan fingerprint density at radius 2 is 1.59 bits per heavy atom. The predicted molar refractivity (Wildman–Crippen MR) is 215 cm³/mol. The van der Waals surface area contributed by atoms with Crippen molar-refractivity contribution in [1.29, 1.82) is 5.41 Å². The topological polar surface area (TPSA) is 169 Å². The summed E-state index contributed by atoms with van der Waals surface area (Å²) < 4.78 is 11.3. The zero-order valence-corrected chi connectivity index (χ0v) is 31.9. The van der Waals surface area contributed by atoms with Crippen LogP contribution >= 0.6 is 0 Å². The zero-order chi connectivity index (χ0) is 38.2. The Hall–Kier alpha value is -6.35. The summed E-state index contributed by atoms with van der Waals surface area (Å²) in [4.78, 5) is 11.1. The van der Waals surface area contributed by atoms with E-state index in [2.05, 4.69) is 55.2 Å². The van der Waals surface area contributed by atoms with Crippen molar-refractivity contribution in [2.24, 2.45) is 5.92 Å². The Bertz CT molecular complexity index is 2510. The highest BCUT2D eigenvalue weighted by Crippen LogP contribution is 2.36. The molecule has 1 saturated carbocycles. The first-order valence-corrected chi connectivity index (χ1v) is 19.3. The lowest BCUT2D eigenvalue weighted by atomic mass is 9.82. The maximum absolute atomic E-state index is 8.99. The maximum atomic E-state index is 8.99. The molecule has 2 fully saturated rings. The second-order valence-corrected chi connectivity index (χ2v) is 14.9. The maximum Gasteiger partial charge on any atom is 0.254 e. The van der Waals surface area contributed by atoms with Gasteiger partial charge in [-0.15, -0.1) is 10.2 Å². The number of anilines is 2. The van der Waals surface area contributed by atoms with Crippen LogP contribution in [0.5, 0.6) is 0 Å². The molecule has 1 atom stereocenters. The molecule has 7 aromatic rings. The van der Waals surface area contributed by atoms with Crippen LogP contribution < -0.4 is 10.6 Å². The standard InChI is InChI=1S/C41H46N14O/c1-26-17-37(31-15-16-56-25-31)54-41(45-26)46-39(49-54)43-21-32-24-53(48-28(32)3)36-14-7-9-29(19-36)18-34(42)20-38(30-10-8-11-30)55-50-40(51-55)44-22-33-23-52(47-27(33)2)35-12-5-4-6-13-35/h4-7,9,12-14,17,19-20,23-24,30-31,42H,8,10-11,15-16,18,21-22,25H2,1-3H3,(H,43,49)(H2,44,50,51)/b38-20-,42-34?. The first-order chi connectivity index (χ1) is 27.3. The SMILES string of the molecule is Cc1cc(C2CCOC2)n2nc(NCc3cn(-c4cccc(CC(=N)/C=C(/C5CCC5)n5nc(NCc6cn(-c7ccccc7)nc6C)[nH]5)c4)nc3C)nc2n1. The van der Waals surface area contributed by atoms with Crippen LogP contribution in [0.4, 0.5) is 11.9 Å². The number of benzene rings is 2. The molecule has 2 aromatic carbocycles. The van der Waals surface area contributed by atoms with Gasteiger partial charge >= 0.3 is 0 Å². The lowest BCUT2D eigenvalue weighted by Crippen LogP contribution is -2.26. The minimum absolute atomic E-state index is 0.288. The molecule has 5 aromatic heterocycles. The predicted octanol–water partition coefficient (Wildman–Crippen LogP) is 6.58. The number of para-hydroxylation sites is 1. The third kappa shape index (κ3) is 7.37. The van der Waals surface area contributed by atoms with Gasteiger partial charge in [0.05, 0.1) is 40.8 Å². The number of rotatable bonds is 14. The monoisotopic (exact) mass is 750 g/mol. The average molecular weight is 751 g/mol. The van der Waals surface area contributed by atoms with E-state index in [4.69, 9.17) is 25.4 Å². The quantitative estimate of drug-likeness (QED) is 0.0898. The number of hydrogen-bond acceptors (Lipinski definition) is 10. The van der Waals surface area contributed by atoms with Crippen LogP contribution in [0.25, 0.3) is 22.8 Å². The number of hydrogen-bond donors (Lipinski definition) is 4. The van der Waals surface area contributed by atoms with E-state index in [1.54, 1.807) is 0 Å². The van der Waals surface area contributed by atoms with Crippen molar-refractivity contribution in [2.75, 3.05) is 23.8 Å². The molecule has 15 nitrogen and oxygen atoms in total. The third-order valence-electron chi connectivity index (χ3n) is 10.8. The van der Waals surface area contributed by atoms with E-state index in [1.165, 1.54) is 6.42 Å². The molecule has 56 heavy (non-hydrogen) atoms. The molecule has 1 unspecified atom stereocenters. The summed E-state index contributed by atoms with van der Waals surface area (Å²) in [6.45, 7) is 8.59. The van der Waals surface area contributed by atoms with Gasteiger partial charge in [0.25, 0.3) is 5.78 Å². The second-order valence-electron chi connectivity index (χ2n) is 14.9. The minimum atomic E-state index is 0.288. The highest BCUT2D eigenvalue weighted by Gasteiger charge is 2.26. The summed E-state index contributed by atoms with van der Waals surface area (Å²) >= 11 is 0. The molecular weight excluding hydrogens is 705 g/mol. The van der Waals surface area contributed by atoms with Gasteiger partial charge in [-0.25, -0.2) is 19.4 Å². The Morgan fingerprint density at radius 1 is 0.857 bits per heavy atom. The molecule has 9 rings (SSSR count). The number of ether oxygens (including phenoxy) is 1. The van der Waals surface area contributed by atoms with Gasteiger partial charge in [0, 0.05) is 72.9 Å². The Morgan fingerprint density at radius 3 is 2.30 bits per heavy atom. The molecule has 1 aliphatic heterocycles. The van der Waals surface area contributed by atoms with Crippen molar-refractivity contribution in [1.82, 2.24) is 54.1 Å². The van der Waals surface area contributed by atoms with E-state index >= 15 is 0 Å². The molecular formula is C41H46N14O. The van der Waals surface area contributed by atoms with Crippen LogP contribution in [0, 0.1) is 32.1 Å². The van der Waals surface area contributed by atoms with Crippen molar-refractivity contribution < 1.29 is 4.74 Å². The minimum Gasteiger partial charge on any atom is -0.381 e. The number of aryl methyl sites for hydroxylation is 3. The molecule has 0 spiro atoms. The number of aromatic nitrogens is 11. The van der Waals surface area contributed by atoms with Crippen LogP contribution in [0.2, 0.25) is 0 Å². The molecule has 0 bridgehead atoms. The lowest BCUT2D eigenvalue weighted by molar-refractivity contribution is 0.193. The number of nitrogens with one attached hydrogen (secondary N) is 4. The second kappa shape index (κ2) is 15.1. The van der Waals surface area contributed by atoms with Crippen molar-refractivity contribution in [2.45, 2.75) is 71.9 Å². The van der Waals surface area contributed by atoms with Crippen molar-refractivity contribution in [3.63, 3.8) is 0 Å². The van der Waals surface area contributed by atoms with E-state index in [0.717, 1.165) is 82.4 Å². The average Bonchev–Trinajstić information content (AvgIpc) is 3.97. The van der Waals surface area contributed by atoms with E-state index in [1.807, 2.05) is 94.2 Å². The lowest BCUT2D eigenvalue weighted by Gasteiger charge is -2.30. The smallest absolute Gasteiger partial charge is 0.254 e. The van der Waals surface area contributed by atoms with Crippen LogP contribution in [0.1, 0.15) is 71.1 Å². The fourth-order valence-electron chi connectivity index (χ4n) is 7.40. The van der Waals surface area contributed by atoms with Gasteiger partial charge in [0.1, 0.15) is 0 Å². The van der Waals surface area contributed by atoms with Crippen LogP contribution in [0.15, 0.2) is 79.1 Å². The summed E-state index contributed by atoms with van der Waals surface area (Å²) in [5.41, 5.74) is 10.6. The largest absolute Gasteiger partial charge is 0.381 e. The van der Waals surface area contributed by atoms with Gasteiger partial charge in [-0.3, -0.25) is 0 Å². The molecule has 0 amide bonds. The van der Waals surface area contributed by atoms with Crippen LogP contribution in [-0.4, -0.2) is 73.1 Å². The van der Waals surface area contributed by atoms with E-state index in [0.29, 0.717) is 55.4 Å². The summed E-state index contributed by atoms with van der Waals surface area (Å²) in [6, 6.07) is 20.4. The van der Waals surface area contributed by atoms with Gasteiger partial charge in [-0.2, -0.15) is 24.5 Å². The van der Waals surface area contributed by atoms with E-state index in [9.17, 15) is 0 Å². The Labute approximate surface area is 324 Å². The number of allylic oxidation sites excluding steroid dienone is 2. The number of nitrogens with zero attached hydrogens (tertiary/aromatic N) is 10.